The van der Waals surface area contributed by atoms with Gasteiger partial charge in [-0.1, -0.05) is 15.9 Å². The van der Waals surface area contributed by atoms with Crippen LogP contribution < -0.4 is 4.72 Å². The van der Waals surface area contributed by atoms with Crippen LogP contribution in [-0.2, 0) is 16.9 Å². The molecule has 0 amide bonds. The summed E-state index contributed by atoms with van der Waals surface area (Å²) >= 11 is 3.10. The third-order valence-electron chi connectivity index (χ3n) is 3.78. The van der Waals surface area contributed by atoms with E-state index in [1.165, 1.54) is 11.8 Å². The molecule has 1 aromatic carbocycles. The lowest BCUT2D eigenvalue weighted by Crippen LogP contribution is -2.62. The molecule has 1 aromatic rings. The summed E-state index contributed by atoms with van der Waals surface area (Å²) in [6.45, 7) is 3.86. The van der Waals surface area contributed by atoms with E-state index in [0.29, 0.717) is 20.7 Å². The van der Waals surface area contributed by atoms with E-state index in [2.05, 4.69) is 20.7 Å². The number of hydrogen-bond acceptors (Lipinski definition) is 4. The number of aliphatic hydroxyl groups excluding tert-OH is 1. The van der Waals surface area contributed by atoms with Gasteiger partial charge in [0.05, 0.1) is 0 Å². The Morgan fingerprint density at radius 3 is 2.65 bits per heavy atom. The lowest BCUT2D eigenvalue weighted by atomic mass is 9.82. The molecule has 0 radical (unpaired) electrons. The van der Waals surface area contributed by atoms with Crippen LogP contribution in [0.5, 0.6) is 0 Å². The highest BCUT2D eigenvalue weighted by atomic mass is 79.9. The summed E-state index contributed by atoms with van der Waals surface area (Å²) in [6, 6.07) is 5.19. The molecule has 0 saturated carbocycles. The number of halogens is 3. The molecule has 130 valence electrons. The summed E-state index contributed by atoms with van der Waals surface area (Å²) in [6.07, 6.45) is 0.0799. The van der Waals surface area contributed by atoms with Gasteiger partial charge in [-0.3, -0.25) is 0 Å². The molecule has 3 nitrogen and oxygen atoms in total. The fourth-order valence-corrected chi connectivity index (χ4v) is 4.94. The number of alkyl halides is 2. The molecular weight excluding hydrogens is 408 g/mol. The van der Waals surface area contributed by atoms with E-state index < -0.39 is 34.2 Å². The van der Waals surface area contributed by atoms with Gasteiger partial charge in [0, 0.05) is 26.5 Å². The molecule has 0 spiro atoms. The summed E-state index contributed by atoms with van der Waals surface area (Å²) in [5.41, 5.74) is -1.48. The predicted octanol–water partition coefficient (Wildman–Crippen LogP) is 3.82. The van der Waals surface area contributed by atoms with Gasteiger partial charge in [-0.2, -0.15) is 0 Å². The first-order valence-corrected chi connectivity index (χ1v) is 10.1. The van der Waals surface area contributed by atoms with Gasteiger partial charge in [0.25, 0.3) is 5.92 Å². The molecular formula is C15H20BrF2NO2S2. The Hall–Kier alpha value is 0.140. The standard InChI is InChI=1S/C15H20BrF2NO2S2/c1-13(2,3)23(21)19-14(15(17,18)9-20)6-7-22-12-5-4-10(16)8-11(12)14/h4-5,8,19-20H,6-7,9H2,1-3H3/t14-,23?/m1/s1. The van der Waals surface area contributed by atoms with Crippen LogP contribution in [0.4, 0.5) is 8.78 Å². The zero-order valence-corrected chi connectivity index (χ0v) is 16.4. The van der Waals surface area contributed by atoms with Crippen molar-refractivity contribution in [3.63, 3.8) is 0 Å². The van der Waals surface area contributed by atoms with Gasteiger partial charge in [0.2, 0.25) is 0 Å². The van der Waals surface area contributed by atoms with Crippen molar-refractivity contribution in [3.05, 3.63) is 28.2 Å². The molecule has 1 aliphatic rings. The molecule has 2 atom stereocenters. The first-order chi connectivity index (χ1) is 10.5. The SMILES string of the molecule is CC(C)(C)[S+]([O-])N[C@]1(C(F)(F)CO)CCSc2ccc(Br)cc21. The van der Waals surface area contributed by atoms with Gasteiger partial charge in [0.15, 0.2) is 5.54 Å². The van der Waals surface area contributed by atoms with Crippen molar-refractivity contribution in [3.8, 4) is 0 Å². The number of hydrogen-bond donors (Lipinski definition) is 2. The zero-order valence-electron chi connectivity index (χ0n) is 13.2. The summed E-state index contributed by atoms with van der Waals surface area (Å²) in [5, 5.41) is 9.31. The van der Waals surface area contributed by atoms with Crippen molar-refractivity contribution in [2.24, 2.45) is 0 Å². The minimum Gasteiger partial charge on any atom is -0.598 e. The van der Waals surface area contributed by atoms with Gasteiger partial charge >= 0.3 is 0 Å². The van der Waals surface area contributed by atoms with Gasteiger partial charge < -0.3 is 9.66 Å². The van der Waals surface area contributed by atoms with Crippen LogP contribution in [0.2, 0.25) is 0 Å². The van der Waals surface area contributed by atoms with Crippen LogP contribution in [-0.4, -0.2) is 32.7 Å². The molecule has 0 saturated heterocycles. The average Bonchev–Trinajstić information content (AvgIpc) is 2.46. The molecule has 0 bridgehead atoms. The third-order valence-corrected chi connectivity index (χ3v) is 7.00. The number of aliphatic hydroxyl groups is 1. The molecule has 1 heterocycles. The quantitative estimate of drug-likeness (QED) is 0.717. The summed E-state index contributed by atoms with van der Waals surface area (Å²) in [4.78, 5) is 0.714. The molecule has 0 aromatic heterocycles. The zero-order chi connectivity index (χ0) is 17.5. The van der Waals surface area contributed by atoms with Crippen molar-refractivity contribution in [2.75, 3.05) is 12.4 Å². The Kier molecular flexibility index (Phi) is 5.76. The molecule has 8 heteroatoms. The Bertz CT molecular complexity index is 583. The molecule has 0 aliphatic carbocycles. The summed E-state index contributed by atoms with van der Waals surface area (Å²) < 4.78 is 44.8. The van der Waals surface area contributed by atoms with Crippen LogP contribution in [0.25, 0.3) is 0 Å². The van der Waals surface area contributed by atoms with Crippen LogP contribution in [0.1, 0.15) is 32.8 Å². The van der Waals surface area contributed by atoms with Crippen LogP contribution >= 0.6 is 27.7 Å². The summed E-state index contributed by atoms with van der Waals surface area (Å²) in [5.74, 6) is -2.98. The fraction of sp³-hybridized carbons (Fsp3) is 0.600. The van der Waals surface area contributed by atoms with E-state index in [1.807, 2.05) is 0 Å². The minimum absolute atomic E-state index is 0.0799. The van der Waals surface area contributed by atoms with Crippen molar-refractivity contribution < 1.29 is 18.4 Å². The number of nitrogens with one attached hydrogen (secondary N) is 1. The highest BCUT2D eigenvalue weighted by molar-refractivity contribution is 9.10. The lowest BCUT2D eigenvalue weighted by Gasteiger charge is -2.44. The molecule has 1 aliphatic heterocycles. The van der Waals surface area contributed by atoms with E-state index in [9.17, 15) is 18.4 Å². The average molecular weight is 428 g/mol. The van der Waals surface area contributed by atoms with E-state index in [4.69, 9.17) is 0 Å². The second-order valence-corrected chi connectivity index (χ2v) is 10.5. The Morgan fingerprint density at radius 2 is 2.09 bits per heavy atom. The van der Waals surface area contributed by atoms with E-state index >= 15 is 0 Å². The molecule has 2 N–H and O–H groups in total. The largest absolute Gasteiger partial charge is 0.598 e. The van der Waals surface area contributed by atoms with Gasteiger partial charge in [-0.15, -0.1) is 16.5 Å². The molecule has 23 heavy (non-hydrogen) atoms. The molecule has 1 unspecified atom stereocenters. The number of thioether (sulfide) groups is 1. The van der Waals surface area contributed by atoms with Crippen molar-refractivity contribution >= 4 is 39.1 Å². The smallest absolute Gasteiger partial charge is 0.296 e. The van der Waals surface area contributed by atoms with Gasteiger partial charge in [-0.05, 0) is 51.0 Å². The highest BCUT2D eigenvalue weighted by Crippen LogP contribution is 2.50. The maximum atomic E-state index is 14.8. The second-order valence-electron chi connectivity index (χ2n) is 6.49. The Balaban J connectivity index is 2.60. The number of fused-ring (bicyclic) bond motifs is 1. The van der Waals surface area contributed by atoms with Crippen molar-refractivity contribution in [2.45, 2.75) is 48.3 Å². The third kappa shape index (κ3) is 3.72. The normalized spacial score (nSPS) is 23.5. The lowest BCUT2D eigenvalue weighted by molar-refractivity contribution is -0.123. The number of benzene rings is 1. The molecule has 2 rings (SSSR count). The van der Waals surface area contributed by atoms with Crippen LogP contribution in [0.15, 0.2) is 27.6 Å². The van der Waals surface area contributed by atoms with E-state index in [0.717, 1.165) is 0 Å². The van der Waals surface area contributed by atoms with E-state index in [-0.39, 0.29) is 6.42 Å². The topological polar surface area (TPSA) is 55.3 Å². The van der Waals surface area contributed by atoms with Gasteiger partial charge in [0.1, 0.15) is 11.4 Å². The fourth-order valence-electron chi connectivity index (χ4n) is 2.42. The highest BCUT2D eigenvalue weighted by Gasteiger charge is 2.60. The van der Waals surface area contributed by atoms with Crippen molar-refractivity contribution in [1.29, 1.82) is 0 Å². The number of rotatable bonds is 4. The Morgan fingerprint density at radius 1 is 1.43 bits per heavy atom. The summed E-state index contributed by atoms with van der Waals surface area (Å²) in [7, 11) is 0. The Labute approximate surface area is 151 Å². The maximum Gasteiger partial charge on any atom is 0.296 e. The maximum absolute atomic E-state index is 14.8. The second kappa shape index (κ2) is 6.80. The minimum atomic E-state index is -3.44. The van der Waals surface area contributed by atoms with Crippen molar-refractivity contribution in [1.82, 2.24) is 4.72 Å². The first-order valence-electron chi connectivity index (χ1n) is 7.15. The van der Waals surface area contributed by atoms with Gasteiger partial charge in [-0.25, -0.2) is 8.78 Å². The van der Waals surface area contributed by atoms with Crippen LogP contribution in [0, 0.1) is 0 Å². The van der Waals surface area contributed by atoms with E-state index in [1.54, 1.807) is 39.0 Å². The predicted molar refractivity (Wildman–Crippen MR) is 94.2 cm³/mol. The molecule has 0 fully saturated rings. The first kappa shape index (κ1) is 19.5. The monoisotopic (exact) mass is 427 g/mol. The van der Waals surface area contributed by atoms with Crippen LogP contribution in [0.3, 0.4) is 0 Å².